The highest BCUT2D eigenvalue weighted by Crippen LogP contribution is 2.65. The predicted molar refractivity (Wildman–Crippen MR) is 133 cm³/mol. The van der Waals surface area contributed by atoms with E-state index in [1.54, 1.807) is 6.08 Å². The molecule has 200 valence electrons. The fraction of sp³-hybridized carbons (Fsp3) is 0.846. The quantitative estimate of drug-likeness (QED) is 0.160. The molecule has 0 aromatic heterocycles. The van der Waals surface area contributed by atoms with Gasteiger partial charge in [0.15, 0.2) is 8.32 Å². The van der Waals surface area contributed by atoms with Crippen molar-refractivity contribution in [3.63, 3.8) is 0 Å². The number of alkyl halides is 3. The summed E-state index contributed by atoms with van der Waals surface area (Å²) >= 11 is 0. The molecule has 4 rings (SSSR count). The SMILES string of the molecule is CC(C)(C)[Si](C)(C)OC1CC[C@@]2(C)C(=CCC3C2CC[C@]2(C)C(OS(=O)(=O)C(F)(F)F)=CCC32)C1. The van der Waals surface area contributed by atoms with E-state index in [4.69, 9.17) is 8.61 Å². The molecule has 4 nitrogen and oxygen atoms in total. The van der Waals surface area contributed by atoms with Crippen LogP contribution < -0.4 is 0 Å². The molecule has 9 heteroatoms. The maximum atomic E-state index is 13.0. The number of fused-ring (bicyclic) bond motifs is 5. The van der Waals surface area contributed by atoms with Crippen LogP contribution in [0.5, 0.6) is 0 Å². The minimum absolute atomic E-state index is 0.00955. The number of halogens is 3. The molecule has 0 amide bonds. The molecular formula is C26H41F3O4SSi. The molecule has 0 aliphatic heterocycles. The summed E-state index contributed by atoms with van der Waals surface area (Å²) in [5, 5.41) is 0.169. The Kier molecular flexibility index (Phi) is 6.50. The molecule has 0 aromatic carbocycles. The van der Waals surface area contributed by atoms with Gasteiger partial charge in [-0.3, -0.25) is 0 Å². The maximum absolute atomic E-state index is 13.0. The topological polar surface area (TPSA) is 52.6 Å². The molecule has 0 aromatic rings. The van der Waals surface area contributed by atoms with Crippen LogP contribution in [0.3, 0.4) is 0 Å². The molecule has 4 unspecified atom stereocenters. The van der Waals surface area contributed by atoms with E-state index in [0.717, 1.165) is 32.1 Å². The van der Waals surface area contributed by atoms with Gasteiger partial charge >= 0.3 is 15.6 Å². The Morgan fingerprint density at radius 1 is 0.971 bits per heavy atom. The molecule has 6 atom stereocenters. The van der Waals surface area contributed by atoms with Crippen molar-refractivity contribution in [1.29, 1.82) is 0 Å². The second-order valence-corrected chi connectivity index (χ2v) is 19.5. The lowest BCUT2D eigenvalue weighted by Crippen LogP contribution is -2.51. The van der Waals surface area contributed by atoms with Crippen LogP contribution >= 0.6 is 0 Å². The molecule has 0 bridgehead atoms. The highest BCUT2D eigenvalue weighted by atomic mass is 32.2. The molecule has 0 heterocycles. The van der Waals surface area contributed by atoms with E-state index in [-0.39, 0.29) is 28.2 Å². The van der Waals surface area contributed by atoms with Crippen LogP contribution in [-0.2, 0) is 18.7 Å². The lowest BCUT2D eigenvalue weighted by Gasteiger charge is -2.58. The lowest BCUT2D eigenvalue weighted by molar-refractivity contribution is -0.0582. The summed E-state index contributed by atoms with van der Waals surface area (Å²) in [6.07, 6.45) is 10.2. The van der Waals surface area contributed by atoms with Gasteiger partial charge in [-0.2, -0.15) is 21.6 Å². The van der Waals surface area contributed by atoms with E-state index in [1.165, 1.54) is 5.57 Å². The Morgan fingerprint density at radius 2 is 1.60 bits per heavy atom. The van der Waals surface area contributed by atoms with Crippen LogP contribution in [0.2, 0.25) is 18.1 Å². The average molecular weight is 535 g/mol. The predicted octanol–water partition coefficient (Wildman–Crippen LogP) is 7.70. The molecule has 35 heavy (non-hydrogen) atoms. The summed E-state index contributed by atoms with van der Waals surface area (Å²) in [5.74, 6) is 0.841. The number of hydrogen-bond acceptors (Lipinski definition) is 4. The van der Waals surface area contributed by atoms with E-state index < -0.39 is 29.4 Å². The van der Waals surface area contributed by atoms with Crippen molar-refractivity contribution in [3.8, 4) is 0 Å². The first-order valence-electron chi connectivity index (χ1n) is 12.9. The van der Waals surface area contributed by atoms with Crippen LogP contribution in [0.15, 0.2) is 23.5 Å². The lowest BCUT2D eigenvalue weighted by atomic mass is 9.48. The zero-order valence-corrected chi connectivity index (χ0v) is 23.9. The van der Waals surface area contributed by atoms with Gasteiger partial charge in [-0.1, -0.05) is 46.3 Å². The number of rotatable bonds is 4. The first kappa shape index (κ1) is 27.2. The zero-order chi connectivity index (χ0) is 26.2. The summed E-state index contributed by atoms with van der Waals surface area (Å²) in [7, 11) is -7.51. The van der Waals surface area contributed by atoms with Crippen molar-refractivity contribution >= 4 is 18.4 Å². The summed E-state index contributed by atoms with van der Waals surface area (Å²) in [5.41, 5.74) is -4.54. The third-order valence-corrected chi connectivity index (χ3v) is 15.8. The Labute approximate surface area is 210 Å². The zero-order valence-electron chi connectivity index (χ0n) is 22.1. The molecule has 4 aliphatic carbocycles. The molecular weight excluding hydrogens is 493 g/mol. The molecule has 4 aliphatic rings. The van der Waals surface area contributed by atoms with Crippen molar-refractivity contribution in [1.82, 2.24) is 0 Å². The maximum Gasteiger partial charge on any atom is 0.534 e. The fourth-order valence-electron chi connectivity index (χ4n) is 7.14. The van der Waals surface area contributed by atoms with Gasteiger partial charge in [0.1, 0.15) is 5.76 Å². The Bertz CT molecular complexity index is 1030. The molecule has 2 saturated carbocycles. The first-order chi connectivity index (χ1) is 15.8. The largest absolute Gasteiger partial charge is 0.534 e. The van der Waals surface area contributed by atoms with Gasteiger partial charge in [0.25, 0.3) is 0 Å². The third kappa shape index (κ3) is 4.45. The van der Waals surface area contributed by atoms with Gasteiger partial charge in [0, 0.05) is 11.5 Å². The minimum Gasteiger partial charge on any atom is -0.414 e. The monoisotopic (exact) mass is 534 g/mol. The number of allylic oxidation sites excluding steroid dienone is 3. The third-order valence-electron chi connectivity index (χ3n) is 10.3. The van der Waals surface area contributed by atoms with E-state index in [1.807, 2.05) is 6.92 Å². The van der Waals surface area contributed by atoms with Crippen LogP contribution in [-0.4, -0.2) is 28.3 Å². The van der Waals surface area contributed by atoms with Crippen molar-refractivity contribution in [2.24, 2.45) is 28.6 Å². The summed E-state index contributed by atoms with van der Waals surface area (Å²) in [6.45, 7) is 15.7. The van der Waals surface area contributed by atoms with Gasteiger partial charge in [-0.25, -0.2) is 0 Å². The average Bonchev–Trinajstić information content (AvgIpc) is 3.02. The Balaban J connectivity index is 1.52. The fourth-order valence-corrected chi connectivity index (χ4v) is 9.12. The second kappa shape index (κ2) is 8.35. The van der Waals surface area contributed by atoms with Crippen LogP contribution in [0.1, 0.15) is 79.6 Å². The van der Waals surface area contributed by atoms with Gasteiger partial charge in [0.05, 0.1) is 0 Å². The van der Waals surface area contributed by atoms with E-state index >= 15 is 0 Å². The molecule has 0 spiro atoms. The van der Waals surface area contributed by atoms with E-state index in [9.17, 15) is 21.6 Å². The summed E-state index contributed by atoms with van der Waals surface area (Å²) in [4.78, 5) is 0. The molecule has 0 N–H and O–H groups in total. The van der Waals surface area contributed by atoms with E-state index in [2.05, 4.69) is 46.9 Å². The van der Waals surface area contributed by atoms with Gasteiger partial charge < -0.3 is 8.61 Å². The smallest absolute Gasteiger partial charge is 0.414 e. The minimum atomic E-state index is -5.65. The molecule has 2 fully saturated rings. The van der Waals surface area contributed by atoms with Gasteiger partial charge in [-0.05, 0) is 92.3 Å². The summed E-state index contributed by atoms with van der Waals surface area (Å²) < 4.78 is 73.9. The highest BCUT2D eigenvalue weighted by Gasteiger charge is 2.59. The van der Waals surface area contributed by atoms with Crippen molar-refractivity contribution in [2.75, 3.05) is 0 Å². The number of hydrogen-bond donors (Lipinski definition) is 0. The van der Waals surface area contributed by atoms with Crippen LogP contribution in [0.4, 0.5) is 13.2 Å². The highest BCUT2D eigenvalue weighted by molar-refractivity contribution is 7.87. The van der Waals surface area contributed by atoms with E-state index in [0.29, 0.717) is 24.7 Å². The first-order valence-corrected chi connectivity index (χ1v) is 17.2. The normalized spacial score (nSPS) is 38.1. The van der Waals surface area contributed by atoms with Crippen LogP contribution in [0, 0.1) is 28.6 Å². The summed E-state index contributed by atoms with van der Waals surface area (Å²) in [6, 6.07) is 0. The van der Waals surface area contributed by atoms with Crippen molar-refractivity contribution in [3.05, 3.63) is 23.5 Å². The van der Waals surface area contributed by atoms with Gasteiger partial charge in [0.2, 0.25) is 0 Å². The molecule has 0 radical (unpaired) electrons. The molecule has 0 saturated heterocycles. The Morgan fingerprint density at radius 3 is 2.20 bits per heavy atom. The standard InChI is InChI=1S/C26H41F3O4SSi/c1-23(2,3)35(6,7)33-18-12-14-24(4)17(16-18)8-9-19-20-10-11-22(25(20,5)15-13-21(19)24)32-34(30,31)26(27,28)29/h8,11,18-21H,9-10,12-16H2,1-7H3/t18?,19?,20?,21?,24-,25-/m0/s1. The van der Waals surface area contributed by atoms with Gasteiger partial charge in [-0.15, -0.1) is 0 Å². The van der Waals surface area contributed by atoms with Crippen molar-refractivity contribution < 1.29 is 30.2 Å². The van der Waals surface area contributed by atoms with Crippen LogP contribution in [0.25, 0.3) is 0 Å². The van der Waals surface area contributed by atoms with Crippen molar-refractivity contribution in [2.45, 2.75) is 109 Å². The second-order valence-electron chi connectivity index (χ2n) is 13.2. The Hall–Kier alpha value is -0.803.